The number of carbonyl (C=O) groups is 1. The van der Waals surface area contributed by atoms with Crippen molar-refractivity contribution in [3.05, 3.63) is 12.2 Å². The maximum atomic E-state index is 11.1. The smallest absolute Gasteiger partial charge is 0.333 e. The minimum atomic E-state index is -2.74. The van der Waals surface area contributed by atoms with E-state index in [2.05, 4.69) is 11.1 Å². The van der Waals surface area contributed by atoms with Gasteiger partial charge >= 0.3 is 14.2 Å². The van der Waals surface area contributed by atoms with E-state index in [1.807, 2.05) is 0 Å². The van der Waals surface area contributed by atoms with Crippen LogP contribution in [0.25, 0.3) is 0 Å². The quantitative estimate of drug-likeness (QED) is 0.226. The molecule has 0 fully saturated rings. The summed E-state index contributed by atoms with van der Waals surface area (Å²) in [6.07, 6.45) is 9.82. The number of rotatable bonds is 14. The van der Waals surface area contributed by atoms with Crippen LogP contribution >= 0.6 is 8.25 Å². The zero-order valence-corrected chi connectivity index (χ0v) is 14.1. The Morgan fingerprint density at radius 3 is 1.81 bits per heavy atom. The summed E-state index contributed by atoms with van der Waals surface area (Å²) in [7, 11) is -2.74. The van der Waals surface area contributed by atoms with Crippen LogP contribution in [0.5, 0.6) is 0 Å². The van der Waals surface area contributed by atoms with E-state index in [9.17, 15) is 9.36 Å². The molecule has 0 spiro atoms. The monoisotopic (exact) mass is 320 g/mol. The Morgan fingerprint density at radius 1 is 0.952 bits per heavy atom. The van der Waals surface area contributed by atoms with Gasteiger partial charge in [0, 0.05) is 5.57 Å². The van der Waals surface area contributed by atoms with Crippen molar-refractivity contribution in [2.45, 2.75) is 64.7 Å². The zero-order valence-electron chi connectivity index (χ0n) is 13.1. The van der Waals surface area contributed by atoms with E-state index in [1.165, 1.54) is 25.7 Å². The van der Waals surface area contributed by atoms with Gasteiger partial charge in [0.25, 0.3) is 0 Å². The van der Waals surface area contributed by atoms with Gasteiger partial charge in [0.2, 0.25) is 0 Å². The van der Waals surface area contributed by atoms with Crippen molar-refractivity contribution in [2.24, 2.45) is 0 Å². The zero-order chi connectivity index (χ0) is 15.9. The molecule has 0 saturated heterocycles. The third-order valence-electron chi connectivity index (χ3n) is 3.10. The molecule has 0 aromatic heterocycles. The van der Waals surface area contributed by atoms with Crippen molar-refractivity contribution in [3.8, 4) is 0 Å². The van der Waals surface area contributed by atoms with Crippen molar-refractivity contribution < 1.29 is 23.5 Å². The molecule has 0 aliphatic heterocycles. The molecule has 5 nitrogen and oxygen atoms in total. The predicted octanol–water partition coefficient (Wildman–Crippen LogP) is 4.02. The minimum absolute atomic E-state index is 0.301. The molecule has 0 aromatic carbocycles. The molecule has 1 N–H and O–H groups in total. The molecule has 0 radical (unpaired) electrons. The summed E-state index contributed by atoms with van der Waals surface area (Å²) in [6, 6.07) is 0. The summed E-state index contributed by atoms with van der Waals surface area (Å²) < 4.78 is 19.9. The van der Waals surface area contributed by atoms with Crippen LogP contribution in [0.15, 0.2) is 12.2 Å². The first kappa shape index (κ1) is 20.4. The number of esters is 1. The van der Waals surface area contributed by atoms with Crippen LogP contribution < -0.4 is 0 Å². The van der Waals surface area contributed by atoms with Gasteiger partial charge in [-0.15, -0.1) is 0 Å². The summed E-state index contributed by atoms with van der Waals surface area (Å²) in [5.41, 5.74) is 0.451. The lowest BCUT2D eigenvalue weighted by molar-refractivity contribution is -0.139. The van der Waals surface area contributed by atoms with Gasteiger partial charge in [0.05, 0.1) is 13.2 Å². The van der Waals surface area contributed by atoms with Crippen molar-refractivity contribution in [1.29, 1.82) is 0 Å². The average Bonchev–Trinajstić information content (AvgIpc) is 2.43. The summed E-state index contributed by atoms with van der Waals surface area (Å²) in [4.78, 5) is 19.6. The Morgan fingerprint density at radius 2 is 1.38 bits per heavy atom. The lowest BCUT2D eigenvalue weighted by Crippen LogP contribution is -2.05. The molecule has 1 atom stereocenters. The minimum Gasteiger partial charge on any atom is -0.462 e. The fourth-order valence-electron chi connectivity index (χ4n) is 1.89. The number of carbonyl (C=O) groups excluding carboxylic acids is 1. The molecule has 0 saturated carbocycles. The number of hydrogen-bond acceptors (Lipinski definition) is 4. The second-order valence-corrected chi connectivity index (χ2v) is 6.03. The molecule has 0 heterocycles. The van der Waals surface area contributed by atoms with Crippen LogP contribution in [0.1, 0.15) is 64.7 Å². The number of hydrogen-bond donors (Lipinski definition) is 1. The average molecular weight is 320 g/mol. The number of unbranched alkanes of at least 4 members (excludes halogenated alkanes) is 8. The van der Waals surface area contributed by atoms with E-state index in [1.54, 1.807) is 6.92 Å². The van der Waals surface area contributed by atoms with Crippen LogP contribution in [0.4, 0.5) is 0 Å². The SMILES string of the molecule is C=C(C)C(=O)OCCCCCCCCCCCO[PH](=O)O. The second-order valence-electron chi connectivity index (χ2n) is 5.21. The van der Waals surface area contributed by atoms with E-state index in [4.69, 9.17) is 9.63 Å². The van der Waals surface area contributed by atoms with Crippen molar-refractivity contribution >= 4 is 14.2 Å². The molecular weight excluding hydrogens is 291 g/mol. The Bertz CT molecular complexity index is 317. The molecule has 0 bridgehead atoms. The molecule has 0 aromatic rings. The van der Waals surface area contributed by atoms with Gasteiger partial charge in [-0.1, -0.05) is 51.5 Å². The molecule has 0 amide bonds. The van der Waals surface area contributed by atoms with E-state index < -0.39 is 8.25 Å². The van der Waals surface area contributed by atoms with Crippen molar-refractivity contribution in [3.63, 3.8) is 0 Å². The molecule has 21 heavy (non-hydrogen) atoms. The van der Waals surface area contributed by atoms with Crippen LogP contribution in [-0.4, -0.2) is 24.1 Å². The van der Waals surface area contributed by atoms with Crippen LogP contribution in [0, 0.1) is 0 Å². The maximum Gasteiger partial charge on any atom is 0.333 e. The van der Waals surface area contributed by atoms with E-state index >= 15 is 0 Å². The first-order chi connectivity index (χ1) is 10.0. The Kier molecular flexibility index (Phi) is 13.9. The maximum absolute atomic E-state index is 11.1. The Balaban J connectivity index is 3.11. The van der Waals surface area contributed by atoms with Gasteiger partial charge in [-0.2, -0.15) is 0 Å². The van der Waals surface area contributed by atoms with Gasteiger partial charge < -0.3 is 14.2 Å². The highest BCUT2D eigenvalue weighted by atomic mass is 31.1. The molecule has 0 aliphatic carbocycles. The van der Waals surface area contributed by atoms with Crippen LogP contribution in [0.2, 0.25) is 0 Å². The van der Waals surface area contributed by atoms with E-state index in [0.29, 0.717) is 18.8 Å². The Hall–Kier alpha value is -0.640. The topological polar surface area (TPSA) is 72.8 Å². The highest BCUT2D eigenvalue weighted by Gasteiger charge is 2.01. The molecule has 0 rings (SSSR count). The van der Waals surface area contributed by atoms with E-state index in [0.717, 1.165) is 32.1 Å². The first-order valence-electron chi connectivity index (χ1n) is 7.72. The van der Waals surface area contributed by atoms with Gasteiger partial charge in [-0.05, 0) is 19.8 Å². The summed E-state index contributed by atoms with van der Waals surface area (Å²) >= 11 is 0. The summed E-state index contributed by atoms with van der Waals surface area (Å²) in [5.74, 6) is -0.301. The summed E-state index contributed by atoms with van der Waals surface area (Å²) in [6.45, 7) is 6.05. The fraction of sp³-hybridized carbons (Fsp3) is 0.800. The summed E-state index contributed by atoms with van der Waals surface area (Å²) in [5, 5.41) is 0. The van der Waals surface area contributed by atoms with Gasteiger partial charge in [0.15, 0.2) is 0 Å². The number of ether oxygens (including phenoxy) is 1. The third-order valence-corrected chi connectivity index (χ3v) is 3.55. The molecular formula is C15H29O5P. The Labute approximate surface area is 128 Å². The first-order valence-corrected chi connectivity index (χ1v) is 8.98. The largest absolute Gasteiger partial charge is 0.462 e. The third kappa shape index (κ3) is 15.6. The van der Waals surface area contributed by atoms with E-state index in [-0.39, 0.29) is 5.97 Å². The van der Waals surface area contributed by atoms with Gasteiger partial charge in [-0.25, -0.2) is 4.79 Å². The second kappa shape index (κ2) is 14.3. The van der Waals surface area contributed by atoms with Crippen LogP contribution in [-0.2, 0) is 18.6 Å². The lowest BCUT2D eigenvalue weighted by atomic mass is 10.1. The molecule has 0 aliphatic rings. The fourth-order valence-corrected chi connectivity index (χ4v) is 2.21. The standard InChI is InChI=1S/C15H29O5P/c1-14(2)15(16)19-12-10-8-6-4-3-5-7-9-11-13-20-21(17)18/h21H,1,3-13H2,2H3,(H,17,18). The predicted molar refractivity (Wildman–Crippen MR) is 84.5 cm³/mol. The molecule has 1 unspecified atom stereocenters. The highest BCUT2D eigenvalue weighted by Crippen LogP contribution is 2.16. The van der Waals surface area contributed by atoms with Crippen molar-refractivity contribution in [1.82, 2.24) is 0 Å². The molecule has 6 heteroatoms. The van der Waals surface area contributed by atoms with Gasteiger partial charge in [-0.3, -0.25) is 4.57 Å². The van der Waals surface area contributed by atoms with Crippen LogP contribution in [0.3, 0.4) is 0 Å². The normalized spacial score (nSPS) is 12.1. The van der Waals surface area contributed by atoms with Gasteiger partial charge in [0.1, 0.15) is 0 Å². The highest BCUT2D eigenvalue weighted by molar-refractivity contribution is 7.32. The lowest BCUT2D eigenvalue weighted by Gasteiger charge is -2.04. The van der Waals surface area contributed by atoms with Crippen molar-refractivity contribution in [2.75, 3.05) is 13.2 Å². The molecule has 124 valence electrons.